The van der Waals surface area contributed by atoms with Crippen LogP contribution in [0.15, 0.2) is 47.9 Å². The van der Waals surface area contributed by atoms with Gasteiger partial charge in [0.05, 0.1) is 0 Å². The fraction of sp³-hybridized carbons (Fsp3) is 0.350. The number of hydrogen-bond acceptors (Lipinski definition) is 3. The van der Waals surface area contributed by atoms with E-state index in [1.807, 2.05) is 34.4 Å². The highest BCUT2D eigenvalue weighted by molar-refractivity contribution is 7.09. The van der Waals surface area contributed by atoms with Crippen LogP contribution in [-0.2, 0) is 11.2 Å². The SMILES string of the molecule is Cc1ccc(/C=C/C(=O)N2CCN(CCc3cccs3)CC2)cc1. The molecule has 24 heavy (non-hydrogen) atoms. The van der Waals surface area contributed by atoms with Crippen molar-refractivity contribution in [3.05, 3.63) is 63.9 Å². The third-order valence-electron chi connectivity index (χ3n) is 4.43. The van der Waals surface area contributed by atoms with Crippen molar-refractivity contribution in [3.63, 3.8) is 0 Å². The predicted molar refractivity (Wildman–Crippen MR) is 101 cm³/mol. The Morgan fingerprint density at radius 1 is 1.12 bits per heavy atom. The van der Waals surface area contributed by atoms with Gasteiger partial charge in [-0.2, -0.15) is 0 Å². The fourth-order valence-electron chi connectivity index (χ4n) is 2.87. The van der Waals surface area contributed by atoms with Crippen LogP contribution < -0.4 is 0 Å². The van der Waals surface area contributed by atoms with Crippen LogP contribution in [0.1, 0.15) is 16.0 Å². The van der Waals surface area contributed by atoms with Crippen LogP contribution in [0.4, 0.5) is 0 Å². The maximum atomic E-state index is 12.3. The lowest BCUT2D eigenvalue weighted by atomic mass is 10.1. The van der Waals surface area contributed by atoms with Gasteiger partial charge < -0.3 is 4.90 Å². The van der Waals surface area contributed by atoms with Gasteiger partial charge in [0, 0.05) is 43.7 Å². The van der Waals surface area contributed by atoms with E-state index in [-0.39, 0.29) is 5.91 Å². The molecule has 2 heterocycles. The van der Waals surface area contributed by atoms with Crippen molar-refractivity contribution in [1.82, 2.24) is 9.80 Å². The van der Waals surface area contributed by atoms with Crippen molar-refractivity contribution in [2.24, 2.45) is 0 Å². The first-order chi connectivity index (χ1) is 11.7. The Labute approximate surface area is 148 Å². The van der Waals surface area contributed by atoms with E-state index in [1.54, 1.807) is 6.08 Å². The Morgan fingerprint density at radius 2 is 1.88 bits per heavy atom. The van der Waals surface area contributed by atoms with Crippen molar-refractivity contribution in [1.29, 1.82) is 0 Å². The predicted octanol–water partition coefficient (Wildman–Crippen LogP) is 3.46. The number of carbonyl (C=O) groups excluding carboxylic acids is 1. The third kappa shape index (κ3) is 4.79. The summed E-state index contributed by atoms with van der Waals surface area (Å²) in [6.07, 6.45) is 4.72. The normalized spacial score (nSPS) is 16.0. The minimum absolute atomic E-state index is 0.119. The number of rotatable bonds is 5. The molecule has 1 aromatic heterocycles. The summed E-state index contributed by atoms with van der Waals surface area (Å²) in [4.78, 5) is 18.2. The van der Waals surface area contributed by atoms with E-state index >= 15 is 0 Å². The number of aryl methyl sites for hydroxylation is 1. The van der Waals surface area contributed by atoms with Gasteiger partial charge >= 0.3 is 0 Å². The van der Waals surface area contributed by atoms with Crippen LogP contribution in [-0.4, -0.2) is 48.4 Å². The molecule has 3 rings (SSSR count). The highest BCUT2D eigenvalue weighted by Crippen LogP contribution is 2.11. The Hall–Kier alpha value is -1.91. The molecule has 2 aromatic rings. The number of benzene rings is 1. The Morgan fingerprint density at radius 3 is 2.54 bits per heavy atom. The molecule has 0 radical (unpaired) electrons. The zero-order chi connectivity index (χ0) is 16.8. The summed E-state index contributed by atoms with van der Waals surface area (Å²) in [5.74, 6) is 0.119. The van der Waals surface area contributed by atoms with E-state index in [2.05, 4.69) is 41.5 Å². The summed E-state index contributed by atoms with van der Waals surface area (Å²) in [5, 5.41) is 2.13. The third-order valence-corrected chi connectivity index (χ3v) is 5.37. The lowest BCUT2D eigenvalue weighted by molar-refractivity contribution is -0.127. The highest BCUT2D eigenvalue weighted by Gasteiger charge is 2.19. The van der Waals surface area contributed by atoms with E-state index in [0.29, 0.717) is 0 Å². The standard InChI is InChI=1S/C20H24N2OS/c1-17-4-6-18(7-5-17)8-9-20(23)22-14-12-21(13-15-22)11-10-19-3-2-16-24-19/h2-9,16H,10-15H2,1H3/b9-8+. The Bertz CT molecular complexity index is 668. The largest absolute Gasteiger partial charge is 0.337 e. The highest BCUT2D eigenvalue weighted by atomic mass is 32.1. The molecule has 0 N–H and O–H groups in total. The molecule has 4 heteroatoms. The summed E-state index contributed by atoms with van der Waals surface area (Å²) in [6.45, 7) is 6.73. The molecule has 1 aliphatic rings. The summed E-state index contributed by atoms with van der Waals surface area (Å²) in [5.41, 5.74) is 2.31. The molecule has 3 nitrogen and oxygen atoms in total. The second-order valence-electron chi connectivity index (χ2n) is 6.24. The smallest absolute Gasteiger partial charge is 0.246 e. The lowest BCUT2D eigenvalue weighted by Crippen LogP contribution is -2.48. The number of amides is 1. The molecule has 0 atom stereocenters. The molecular weight excluding hydrogens is 316 g/mol. The van der Waals surface area contributed by atoms with Crippen molar-refractivity contribution >= 4 is 23.3 Å². The molecule has 0 saturated carbocycles. The zero-order valence-corrected chi connectivity index (χ0v) is 15.0. The van der Waals surface area contributed by atoms with Gasteiger partial charge in [-0.05, 0) is 36.4 Å². The number of hydrogen-bond donors (Lipinski definition) is 0. The monoisotopic (exact) mass is 340 g/mol. The summed E-state index contributed by atoms with van der Waals surface area (Å²) in [7, 11) is 0. The number of carbonyl (C=O) groups is 1. The number of thiophene rings is 1. The average molecular weight is 340 g/mol. The van der Waals surface area contributed by atoms with Gasteiger partial charge in [-0.3, -0.25) is 9.69 Å². The Kier molecular flexibility index (Phi) is 5.83. The molecule has 0 aliphatic carbocycles. The van der Waals surface area contributed by atoms with E-state index in [0.717, 1.165) is 44.7 Å². The molecule has 1 aromatic carbocycles. The first-order valence-corrected chi connectivity index (χ1v) is 9.37. The zero-order valence-electron chi connectivity index (χ0n) is 14.1. The van der Waals surface area contributed by atoms with Crippen molar-refractivity contribution in [3.8, 4) is 0 Å². The van der Waals surface area contributed by atoms with Gasteiger partial charge in [0.15, 0.2) is 0 Å². The van der Waals surface area contributed by atoms with Crippen molar-refractivity contribution < 1.29 is 4.79 Å². The number of piperazine rings is 1. The van der Waals surface area contributed by atoms with Gasteiger partial charge in [-0.25, -0.2) is 0 Å². The lowest BCUT2D eigenvalue weighted by Gasteiger charge is -2.34. The molecule has 1 fully saturated rings. The van der Waals surface area contributed by atoms with Gasteiger partial charge in [-0.1, -0.05) is 35.9 Å². The summed E-state index contributed by atoms with van der Waals surface area (Å²) in [6, 6.07) is 12.5. The fourth-order valence-corrected chi connectivity index (χ4v) is 3.56. The minimum atomic E-state index is 0.119. The van der Waals surface area contributed by atoms with E-state index in [9.17, 15) is 4.79 Å². The maximum absolute atomic E-state index is 12.3. The van der Waals surface area contributed by atoms with Crippen LogP contribution in [0.2, 0.25) is 0 Å². The van der Waals surface area contributed by atoms with Crippen molar-refractivity contribution in [2.75, 3.05) is 32.7 Å². The molecule has 0 bridgehead atoms. The number of nitrogens with zero attached hydrogens (tertiary/aromatic N) is 2. The van der Waals surface area contributed by atoms with E-state index in [1.165, 1.54) is 10.4 Å². The molecule has 1 amide bonds. The van der Waals surface area contributed by atoms with E-state index < -0.39 is 0 Å². The van der Waals surface area contributed by atoms with E-state index in [4.69, 9.17) is 0 Å². The van der Waals surface area contributed by atoms with Crippen LogP contribution in [0, 0.1) is 6.92 Å². The average Bonchev–Trinajstić information content (AvgIpc) is 3.13. The van der Waals surface area contributed by atoms with Gasteiger partial charge in [-0.15, -0.1) is 11.3 Å². The first-order valence-electron chi connectivity index (χ1n) is 8.49. The topological polar surface area (TPSA) is 23.6 Å². The Balaban J connectivity index is 1.43. The quantitative estimate of drug-likeness (QED) is 0.778. The molecule has 1 saturated heterocycles. The molecule has 0 spiro atoms. The molecule has 0 unspecified atom stereocenters. The first kappa shape index (κ1) is 16.9. The summed E-state index contributed by atoms with van der Waals surface area (Å²) < 4.78 is 0. The molecule has 1 aliphatic heterocycles. The van der Waals surface area contributed by atoms with Crippen LogP contribution >= 0.6 is 11.3 Å². The van der Waals surface area contributed by atoms with Crippen molar-refractivity contribution in [2.45, 2.75) is 13.3 Å². The molecule has 126 valence electrons. The second kappa shape index (κ2) is 8.27. The van der Waals surface area contributed by atoms with Gasteiger partial charge in [0.25, 0.3) is 0 Å². The molecular formula is C20H24N2OS. The minimum Gasteiger partial charge on any atom is -0.337 e. The van der Waals surface area contributed by atoms with Crippen LogP contribution in [0.25, 0.3) is 6.08 Å². The van der Waals surface area contributed by atoms with Gasteiger partial charge in [0.1, 0.15) is 0 Å². The summed E-state index contributed by atoms with van der Waals surface area (Å²) >= 11 is 1.82. The second-order valence-corrected chi connectivity index (χ2v) is 7.27. The van der Waals surface area contributed by atoms with Crippen LogP contribution in [0.3, 0.4) is 0 Å². The van der Waals surface area contributed by atoms with Crippen LogP contribution in [0.5, 0.6) is 0 Å². The maximum Gasteiger partial charge on any atom is 0.246 e. The van der Waals surface area contributed by atoms with Gasteiger partial charge in [0.2, 0.25) is 5.91 Å².